The molecular weight excluding hydrogens is 270 g/mol. The molecule has 1 aromatic rings. The number of nitrogens with two attached hydrogens (primary N) is 1. The fourth-order valence-electron chi connectivity index (χ4n) is 2.07. The van der Waals surface area contributed by atoms with Gasteiger partial charge in [-0.3, -0.25) is 4.79 Å². The van der Waals surface area contributed by atoms with Gasteiger partial charge in [0.25, 0.3) is 0 Å². The van der Waals surface area contributed by atoms with E-state index in [2.05, 4.69) is 10.6 Å². The largest absolute Gasteiger partial charge is 0.494 e. The Balaban J connectivity index is 2.79. The Morgan fingerprint density at radius 3 is 2.71 bits per heavy atom. The highest BCUT2D eigenvalue weighted by Crippen LogP contribution is 2.28. The van der Waals surface area contributed by atoms with Crippen molar-refractivity contribution in [2.24, 2.45) is 5.73 Å². The number of ether oxygens (including phenoxy) is 2. The molecule has 1 aromatic carbocycles. The zero-order chi connectivity index (χ0) is 15.7. The smallest absolute Gasteiger partial charge is 0.221 e. The number of carbonyl (C=O) groups is 1. The average molecular weight is 295 g/mol. The number of hydrogen-bond acceptors (Lipinski definition) is 5. The first-order valence-corrected chi connectivity index (χ1v) is 7.01. The molecule has 0 heterocycles. The molecule has 0 saturated heterocycles. The molecule has 6 nitrogen and oxygen atoms in total. The van der Waals surface area contributed by atoms with Crippen molar-refractivity contribution in [3.63, 3.8) is 0 Å². The van der Waals surface area contributed by atoms with Gasteiger partial charge < -0.3 is 25.8 Å². The minimum atomic E-state index is -0.130. The summed E-state index contributed by atoms with van der Waals surface area (Å²) < 4.78 is 10.5. The lowest BCUT2D eigenvalue weighted by molar-refractivity contribution is -0.114. The van der Waals surface area contributed by atoms with Crippen molar-refractivity contribution in [2.45, 2.75) is 25.8 Å². The van der Waals surface area contributed by atoms with Crippen molar-refractivity contribution in [1.82, 2.24) is 0 Å². The predicted molar refractivity (Wildman–Crippen MR) is 84.9 cm³/mol. The van der Waals surface area contributed by atoms with Crippen LogP contribution < -0.4 is 21.1 Å². The fourth-order valence-corrected chi connectivity index (χ4v) is 2.07. The quantitative estimate of drug-likeness (QED) is 0.647. The lowest BCUT2D eigenvalue weighted by Gasteiger charge is -2.20. The highest BCUT2D eigenvalue weighted by atomic mass is 16.5. The molecule has 118 valence electrons. The normalized spacial score (nSPS) is 11.8. The molecule has 6 heteroatoms. The molecule has 0 fully saturated rings. The van der Waals surface area contributed by atoms with Gasteiger partial charge in [-0.25, -0.2) is 0 Å². The van der Waals surface area contributed by atoms with Crippen molar-refractivity contribution < 1.29 is 14.3 Å². The minimum absolute atomic E-state index is 0.130. The first kappa shape index (κ1) is 17.3. The highest BCUT2D eigenvalue weighted by molar-refractivity contribution is 5.90. The van der Waals surface area contributed by atoms with Crippen LogP contribution in [0.4, 0.5) is 11.4 Å². The first-order valence-electron chi connectivity index (χ1n) is 7.01. The van der Waals surface area contributed by atoms with Gasteiger partial charge in [-0.1, -0.05) is 0 Å². The second-order valence-corrected chi connectivity index (χ2v) is 4.82. The molecule has 0 saturated carbocycles. The van der Waals surface area contributed by atoms with Crippen LogP contribution in [-0.2, 0) is 9.53 Å². The summed E-state index contributed by atoms with van der Waals surface area (Å²) in [6, 6.07) is 5.76. The SMILES string of the molecule is COCC(CCCN)Nc1ccc(NC(C)=O)c(OC)c1. The van der Waals surface area contributed by atoms with Crippen molar-refractivity contribution >= 4 is 17.3 Å². The summed E-state index contributed by atoms with van der Waals surface area (Å²) in [5, 5.41) is 6.13. The van der Waals surface area contributed by atoms with E-state index in [1.165, 1.54) is 6.92 Å². The summed E-state index contributed by atoms with van der Waals surface area (Å²) >= 11 is 0. The minimum Gasteiger partial charge on any atom is -0.494 e. The number of nitrogens with one attached hydrogen (secondary N) is 2. The van der Waals surface area contributed by atoms with Gasteiger partial charge in [0.1, 0.15) is 5.75 Å². The second kappa shape index (κ2) is 9.20. The van der Waals surface area contributed by atoms with Gasteiger partial charge >= 0.3 is 0 Å². The van der Waals surface area contributed by atoms with Crippen LogP contribution >= 0.6 is 0 Å². The van der Waals surface area contributed by atoms with Crippen molar-refractivity contribution in [3.05, 3.63) is 18.2 Å². The lowest BCUT2D eigenvalue weighted by atomic mass is 10.1. The third-order valence-electron chi connectivity index (χ3n) is 3.01. The van der Waals surface area contributed by atoms with E-state index in [1.807, 2.05) is 18.2 Å². The number of anilines is 2. The number of benzene rings is 1. The summed E-state index contributed by atoms with van der Waals surface area (Å²) in [5.74, 6) is 0.486. The number of amides is 1. The molecule has 1 unspecified atom stereocenters. The molecule has 0 aliphatic rings. The van der Waals surface area contributed by atoms with Gasteiger partial charge in [-0.2, -0.15) is 0 Å². The van der Waals surface area contributed by atoms with E-state index in [9.17, 15) is 4.79 Å². The third kappa shape index (κ3) is 6.01. The summed E-state index contributed by atoms with van der Waals surface area (Å²) in [7, 11) is 3.25. The first-order chi connectivity index (χ1) is 10.1. The van der Waals surface area contributed by atoms with Crippen LogP contribution in [0.5, 0.6) is 5.75 Å². The molecule has 0 radical (unpaired) electrons. The van der Waals surface area contributed by atoms with Gasteiger partial charge in [0.05, 0.1) is 19.4 Å². The third-order valence-corrected chi connectivity index (χ3v) is 3.01. The molecule has 21 heavy (non-hydrogen) atoms. The van der Waals surface area contributed by atoms with E-state index in [4.69, 9.17) is 15.2 Å². The number of hydrogen-bond donors (Lipinski definition) is 3. The van der Waals surface area contributed by atoms with E-state index in [0.717, 1.165) is 18.5 Å². The standard InChI is InChI=1S/C15H25N3O3/c1-11(19)17-14-7-6-12(9-15(14)21-3)18-13(10-20-2)5-4-8-16/h6-7,9,13,18H,4-5,8,10,16H2,1-3H3,(H,17,19). The van der Waals surface area contributed by atoms with E-state index >= 15 is 0 Å². The van der Waals surface area contributed by atoms with Gasteiger partial charge in [-0.15, -0.1) is 0 Å². The van der Waals surface area contributed by atoms with E-state index in [0.29, 0.717) is 24.6 Å². The number of carbonyl (C=O) groups excluding carboxylic acids is 1. The zero-order valence-corrected chi connectivity index (χ0v) is 12.9. The van der Waals surface area contributed by atoms with E-state index in [1.54, 1.807) is 14.2 Å². The summed E-state index contributed by atoms with van der Waals surface area (Å²) in [6.45, 7) is 2.73. The number of methoxy groups -OCH3 is 2. The fraction of sp³-hybridized carbons (Fsp3) is 0.533. The highest BCUT2D eigenvalue weighted by Gasteiger charge is 2.10. The molecule has 1 atom stereocenters. The molecule has 0 bridgehead atoms. The van der Waals surface area contributed by atoms with Crippen molar-refractivity contribution in [1.29, 1.82) is 0 Å². The van der Waals surface area contributed by atoms with Crippen LogP contribution in [0.25, 0.3) is 0 Å². The molecule has 0 aromatic heterocycles. The monoisotopic (exact) mass is 295 g/mol. The Morgan fingerprint density at radius 2 is 2.14 bits per heavy atom. The molecule has 4 N–H and O–H groups in total. The average Bonchev–Trinajstić information content (AvgIpc) is 2.46. The lowest BCUT2D eigenvalue weighted by Crippen LogP contribution is -2.25. The molecular formula is C15H25N3O3. The Kier molecular flexibility index (Phi) is 7.56. The van der Waals surface area contributed by atoms with Gasteiger partial charge in [-0.05, 0) is 31.5 Å². The maximum atomic E-state index is 11.1. The Bertz CT molecular complexity index is 452. The maximum Gasteiger partial charge on any atom is 0.221 e. The zero-order valence-electron chi connectivity index (χ0n) is 12.9. The Morgan fingerprint density at radius 1 is 1.38 bits per heavy atom. The van der Waals surface area contributed by atoms with E-state index in [-0.39, 0.29) is 11.9 Å². The second-order valence-electron chi connectivity index (χ2n) is 4.82. The summed E-state index contributed by atoms with van der Waals surface area (Å²) in [5.41, 5.74) is 7.12. The maximum absolute atomic E-state index is 11.1. The van der Waals surface area contributed by atoms with Gasteiger partial charge in [0.15, 0.2) is 0 Å². The van der Waals surface area contributed by atoms with Crippen LogP contribution in [0.3, 0.4) is 0 Å². The predicted octanol–water partition coefficient (Wildman–Crippen LogP) is 1.82. The van der Waals surface area contributed by atoms with Crippen LogP contribution in [-0.4, -0.2) is 39.3 Å². The van der Waals surface area contributed by atoms with Crippen LogP contribution in [0.1, 0.15) is 19.8 Å². The van der Waals surface area contributed by atoms with Crippen LogP contribution in [0.15, 0.2) is 18.2 Å². The topological polar surface area (TPSA) is 85.6 Å². The molecule has 0 aliphatic heterocycles. The van der Waals surface area contributed by atoms with Crippen molar-refractivity contribution in [3.8, 4) is 5.75 Å². The molecule has 1 rings (SSSR count). The Labute approximate surface area is 126 Å². The van der Waals surface area contributed by atoms with Crippen LogP contribution in [0.2, 0.25) is 0 Å². The summed E-state index contributed by atoms with van der Waals surface area (Å²) in [6.07, 6.45) is 1.86. The van der Waals surface area contributed by atoms with Crippen molar-refractivity contribution in [2.75, 3.05) is 38.0 Å². The summed E-state index contributed by atoms with van der Waals surface area (Å²) in [4.78, 5) is 11.1. The molecule has 0 aliphatic carbocycles. The van der Waals surface area contributed by atoms with E-state index < -0.39 is 0 Å². The number of rotatable bonds is 9. The van der Waals surface area contributed by atoms with Gasteiger partial charge in [0, 0.05) is 31.8 Å². The molecule has 1 amide bonds. The van der Waals surface area contributed by atoms with Gasteiger partial charge in [0.2, 0.25) is 5.91 Å². The Hall–Kier alpha value is -1.79. The molecule has 0 spiro atoms. The van der Waals surface area contributed by atoms with Crippen LogP contribution in [0, 0.1) is 0 Å².